The van der Waals surface area contributed by atoms with Crippen LogP contribution < -0.4 is 31.3 Å². The van der Waals surface area contributed by atoms with Gasteiger partial charge in [-0.2, -0.15) is 0 Å². The molecule has 0 aromatic carbocycles. The first-order valence-electron chi connectivity index (χ1n) is 7.08. The topological polar surface area (TPSA) is 190 Å². The van der Waals surface area contributed by atoms with Crippen molar-refractivity contribution in [2.75, 3.05) is 13.2 Å². The molecule has 0 bridgehead atoms. The third-order valence-corrected chi connectivity index (χ3v) is 3.98. The van der Waals surface area contributed by atoms with Gasteiger partial charge in [-0.1, -0.05) is 0 Å². The molecule has 10 atom stereocenters. The summed E-state index contributed by atoms with van der Waals surface area (Å²) in [6, 6.07) is 0. The van der Waals surface area contributed by atoms with Gasteiger partial charge in [0.15, 0.2) is 12.6 Å². The Hall–Kier alpha value is 0.447. The number of aliphatic hydroxyl groups is 8. The van der Waals surface area contributed by atoms with Gasteiger partial charge in [0.25, 0.3) is 0 Å². The number of ether oxygens (including phenoxy) is 3. The Kier molecular flexibility index (Phi) is 10.9. The van der Waals surface area contributed by atoms with Crippen LogP contribution in [-0.4, -0.2) is 115 Å². The SMILES string of the molecule is OC[C@H]1O[C@@H](O[C@H]2[C@H](O)[C@@H](O)C(O)O[C@@H]2CO)[C@H](O)[C@@H](O)[C@H]1O.[Cl-].[Li+]. The van der Waals surface area contributed by atoms with E-state index in [1.54, 1.807) is 0 Å². The molecule has 0 radical (unpaired) electrons. The predicted molar refractivity (Wildman–Crippen MR) is 68.6 cm³/mol. The van der Waals surface area contributed by atoms with E-state index in [9.17, 15) is 35.7 Å². The van der Waals surface area contributed by atoms with Gasteiger partial charge in [-0.3, -0.25) is 0 Å². The second-order valence-corrected chi connectivity index (χ2v) is 5.53. The Bertz CT molecular complexity index is 390. The normalized spacial score (nSPS) is 47.5. The molecule has 0 saturated carbocycles. The predicted octanol–water partition coefficient (Wildman–Crippen LogP) is -11.4. The largest absolute Gasteiger partial charge is 1.00 e. The minimum atomic E-state index is -1.74. The first-order valence-corrected chi connectivity index (χ1v) is 7.08. The molecule has 1 unspecified atom stereocenters. The Labute approximate surface area is 161 Å². The van der Waals surface area contributed by atoms with Gasteiger partial charge in [-0.15, -0.1) is 0 Å². The molecule has 0 spiro atoms. The molecule has 2 fully saturated rings. The summed E-state index contributed by atoms with van der Waals surface area (Å²) in [6.07, 6.45) is -15.6. The average Bonchev–Trinajstić information content (AvgIpc) is 2.55. The van der Waals surface area contributed by atoms with Crippen molar-refractivity contribution in [1.29, 1.82) is 0 Å². The van der Waals surface area contributed by atoms with E-state index < -0.39 is 74.6 Å². The summed E-state index contributed by atoms with van der Waals surface area (Å²) < 4.78 is 15.3. The summed E-state index contributed by atoms with van der Waals surface area (Å²) in [4.78, 5) is 0. The fourth-order valence-electron chi connectivity index (χ4n) is 2.57. The van der Waals surface area contributed by atoms with Crippen molar-refractivity contribution in [2.45, 2.75) is 61.4 Å². The summed E-state index contributed by atoms with van der Waals surface area (Å²) >= 11 is 0. The van der Waals surface area contributed by atoms with Crippen molar-refractivity contribution in [3.05, 3.63) is 0 Å². The van der Waals surface area contributed by atoms with Crippen LogP contribution in [0.1, 0.15) is 0 Å². The number of halogens is 1. The van der Waals surface area contributed by atoms with Crippen molar-refractivity contribution in [1.82, 2.24) is 0 Å². The monoisotopic (exact) mass is 384 g/mol. The van der Waals surface area contributed by atoms with Crippen molar-refractivity contribution < 1.29 is 86.3 Å². The van der Waals surface area contributed by atoms with E-state index in [1.807, 2.05) is 0 Å². The molecule has 2 heterocycles. The van der Waals surface area contributed by atoms with Crippen LogP contribution in [0.15, 0.2) is 0 Å². The fraction of sp³-hybridized carbons (Fsp3) is 1.00. The minimum Gasteiger partial charge on any atom is -1.00 e. The summed E-state index contributed by atoms with van der Waals surface area (Å²) in [5.74, 6) is 0. The molecule has 144 valence electrons. The Morgan fingerprint density at radius 1 is 0.680 bits per heavy atom. The molecule has 0 amide bonds. The van der Waals surface area contributed by atoms with Gasteiger partial charge in [0.2, 0.25) is 0 Å². The Morgan fingerprint density at radius 2 is 1.24 bits per heavy atom. The fourth-order valence-corrected chi connectivity index (χ4v) is 2.57. The van der Waals surface area contributed by atoms with Gasteiger partial charge < -0.3 is 67.5 Å². The smallest absolute Gasteiger partial charge is 1.00 e. The first kappa shape index (κ1) is 25.4. The molecule has 0 aromatic heterocycles. The molecule has 2 rings (SSSR count). The van der Waals surface area contributed by atoms with Crippen LogP contribution in [0.2, 0.25) is 0 Å². The van der Waals surface area contributed by atoms with Crippen molar-refractivity contribution >= 4 is 0 Å². The van der Waals surface area contributed by atoms with E-state index in [-0.39, 0.29) is 31.3 Å². The van der Waals surface area contributed by atoms with E-state index in [1.165, 1.54) is 0 Å². The molecule has 13 heteroatoms. The number of rotatable bonds is 4. The third kappa shape index (κ3) is 5.25. The summed E-state index contributed by atoms with van der Waals surface area (Å²) in [5.41, 5.74) is 0. The third-order valence-electron chi connectivity index (χ3n) is 3.98. The number of hydrogen-bond donors (Lipinski definition) is 8. The molecular weight excluding hydrogens is 363 g/mol. The van der Waals surface area contributed by atoms with E-state index in [4.69, 9.17) is 19.3 Å². The maximum Gasteiger partial charge on any atom is 1.00 e. The van der Waals surface area contributed by atoms with Gasteiger partial charge in [-0.25, -0.2) is 0 Å². The van der Waals surface area contributed by atoms with Gasteiger partial charge in [0.1, 0.15) is 48.8 Å². The van der Waals surface area contributed by atoms with Gasteiger partial charge in [0, 0.05) is 0 Å². The van der Waals surface area contributed by atoms with Crippen LogP contribution in [0.5, 0.6) is 0 Å². The first-order chi connectivity index (χ1) is 10.8. The Balaban J connectivity index is 0.00000288. The summed E-state index contributed by atoms with van der Waals surface area (Å²) in [7, 11) is 0. The standard InChI is InChI=1S/C12H22O11.ClH.Li/c13-1-3-5(15)6(16)9(19)12(22-3)23-10-4(2-14)21-11(20)8(18)7(10)17;;/h3-20H,1-2H2;1H;/q;;+1/p-1/t3-,4-,5+,6+,7-,8-,9-,10-,11?,12+;;/m1../s1. The van der Waals surface area contributed by atoms with Crippen LogP contribution in [0.3, 0.4) is 0 Å². The van der Waals surface area contributed by atoms with E-state index in [0.29, 0.717) is 0 Å². The van der Waals surface area contributed by atoms with E-state index >= 15 is 0 Å². The minimum absolute atomic E-state index is 0. The van der Waals surface area contributed by atoms with Gasteiger partial charge in [-0.05, 0) is 0 Å². The van der Waals surface area contributed by atoms with Crippen molar-refractivity contribution in [3.8, 4) is 0 Å². The average molecular weight is 385 g/mol. The van der Waals surface area contributed by atoms with Gasteiger partial charge in [0.05, 0.1) is 13.2 Å². The molecular formula is C12H22ClLiO11. The molecule has 2 aliphatic heterocycles. The Morgan fingerprint density at radius 3 is 1.76 bits per heavy atom. The summed E-state index contributed by atoms with van der Waals surface area (Å²) in [5, 5.41) is 76.5. The number of aliphatic hydroxyl groups excluding tert-OH is 8. The van der Waals surface area contributed by atoms with Crippen molar-refractivity contribution in [3.63, 3.8) is 0 Å². The maximum absolute atomic E-state index is 9.94. The van der Waals surface area contributed by atoms with Crippen LogP contribution in [0.4, 0.5) is 0 Å². The molecule has 8 N–H and O–H groups in total. The zero-order valence-corrected chi connectivity index (χ0v) is 14.1. The zero-order chi connectivity index (χ0) is 17.3. The molecule has 25 heavy (non-hydrogen) atoms. The van der Waals surface area contributed by atoms with E-state index in [0.717, 1.165) is 0 Å². The van der Waals surface area contributed by atoms with Crippen LogP contribution in [-0.2, 0) is 14.2 Å². The van der Waals surface area contributed by atoms with E-state index in [2.05, 4.69) is 0 Å². The van der Waals surface area contributed by atoms with Gasteiger partial charge >= 0.3 is 18.9 Å². The zero-order valence-electron chi connectivity index (χ0n) is 13.4. The molecule has 2 saturated heterocycles. The van der Waals surface area contributed by atoms with Crippen LogP contribution in [0.25, 0.3) is 0 Å². The molecule has 11 nitrogen and oxygen atoms in total. The second kappa shape index (κ2) is 10.7. The number of hydrogen-bond acceptors (Lipinski definition) is 11. The van der Waals surface area contributed by atoms with Crippen LogP contribution >= 0.6 is 0 Å². The van der Waals surface area contributed by atoms with Crippen molar-refractivity contribution in [2.24, 2.45) is 0 Å². The maximum atomic E-state index is 9.94. The second-order valence-electron chi connectivity index (χ2n) is 5.53. The molecule has 0 aromatic rings. The molecule has 0 aliphatic carbocycles. The quantitative estimate of drug-likeness (QED) is 0.215. The molecule has 2 aliphatic rings. The van der Waals surface area contributed by atoms with Crippen LogP contribution in [0, 0.1) is 0 Å². The summed E-state index contributed by atoms with van der Waals surface area (Å²) in [6.45, 7) is -1.35.